The van der Waals surface area contributed by atoms with Gasteiger partial charge in [0.15, 0.2) is 0 Å². The molecule has 0 aliphatic carbocycles. The van der Waals surface area contributed by atoms with Gasteiger partial charge in [0.2, 0.25) is 0 Å². The van der Waals surface area contributed by atoms with Gasteiger partial charge < -0.3 is 0 Å². The number of unbranched alkanes of at least 4 members (excludes halogenated alkanes) is 26. The third-order valence-electron chi connectivity index (χ3n) is 10.4. The molecule has 0 bridgehead atoms. The Morgan fingerprint density at radius 2 is 0.556 bits per heavy atom. The molecule has 3 N–H and O–H groups in total. The minimum absolute atomic E-state index is 0.0451. The quantitative estimate of drug-likeness (QED) is 0.0405. The van der Waals surface area contributed by atoms with E-state index in [1.807, 2.05) is 0 Å². The molecule has 0 radical (unpaired) electrons. The Morgan fingerprint density at radius 3 is 0.796 bits per heavy atom. The summed E-state index contributed by atoms with van der Waals surface area (Å²) in [7, 11) is 0. The van der Waals surface area contributed by atoms with Crippen molar-refractivity contribution >= 4 is 37.5 Å². The van der Waals surface area contributed by atoms with E-state index in [0.717, 1.165) is 89.9 Å². The molecule has 0 aliphatic rings. The summed E-state index contributed by atoms with van der Waals surface area (Å²) in [5.41, 5.74) is 0. The molecule has 0 aromatic carbocycles. The van der Waals surface area contributed by atoms with E-state index in [1.54, 1.807) is 0 Å². The molecule has 54 heavy (non-hydrogen) atoms. The van der Waals surface area contributed by atoms with Crippen LogP contribution in [0, 0.1) is 0 Å². The first-order valence-corrected chi connectivity index (χ1v) is 28.4. The second-order valence-electron chi connectivity index (χ2n) is 15.8. The van der Waals surface area contributed by atoms with E-state index in [-0.39, 0.29) is 23.7 Å². The van der Waals surface area contributed by atoms with E-state index >= 15 is 0 Å². The molecule has 0 heterocycles. The van der Waals surface area contributed by atoms with Crippen molar-refractivity contribution in [3.63, 3.8) is 0 Å². The zero-order valence-electron chi connectivity index (χ0n) is 35.6. The molecule has 0 saturated heterocycles. The van der Waals surface area contributed by atoms with Gasteiger partial charge in [0.05, 0.1) is 0 Å². The van der Waals surface area contributed by atoms with Crippen LogP contribution in [-0.4, -0.2) is 71.2 Å². The van der Waals surface area contributed by atoms with Crippen LogP contribution >= 0.6 is 0 Å². The fourth-order valence-corrected chi connectivity index (χ4v) is 13.7. The Hall–Kier alpha value is -0.911. The number of aliphatic hydroxyl groups is 3. The number of hydrogen-bond acceptors (Lipinski definition) is 9. The number of carbonyl (C=O) groups is 3. The Bertz CT molecular complexity index is 788. The minimum Gasteiger partial charge on any atom is -0.0654 e. The smallest absolute Gasteiger partial charge is 0.0654 e. The Morgan fingerprint density at radius 1 is 0.352 bits per heavy atom. The van der Waals surface area contributed by atoms with Gasteiger partial charge in [-0.3, -0.25) is 0 Å². The van der Waals surface area contributed by atoms with Gasteiger partial charge in [0.25, 0.3) is 0 Å². The molecule has 320 valence electrons. The predicted octanol–water partition coefficient (Wildman–Crippen LogP) is 11.6. The van der Waals surface area contributed by atoms with Gasteiger partial charge >= 0.3 is 318 Å². The predicted molar refractivity (Wildman–Crippen MR) is 222 cm³/mol. The van der Waals surface area contributed by atoms with E-state index in [1.165, 1.54) is 77.0 Å². The molecule has 0 rings (SSSR count). The van der Waals surface area contributed by atoms with Crippen LogP contribution in [0.2, 0.25) is 4.44 Å². The Labute approximate surface area is 337 Å². The van der Waals surface area contributed by atoms with Crippen LogP contribution in [0.25, 0.3) is 0 Å². The summed E-state index contributed by atoms with van der Waals surface area (Å²) in [5, 5.41) is 32.6. The number of aliphatic hydroxyl groups excluding tert-OH is 3. The monoisotopic (exact) mass is 879 g/mol. The summed E-state index contributed by atoms with van der Waals surface area (Å²) in [6.45, 7) is 8.70. The van der Waals surface area contributed by atoms with Gasteiger partial charge in [-0.15, -0.1) is 0 Å². The van der Waals surface area contributed by atoms with Crippen LogP contribution in [0.1, 0.15) is 240 Å². The van der Waals surface area contributed by atoms with Crippen molar-refractivity contribution in [1.29, 1.82) is 0 Å². The van der Waals surface area contributed by atoms with Crippen LogP contribution in [0.4, 0.5) is 0 Å². The molecule has 0 aromatic heterocycles. The van der Waals surface area contributed by atoms with Crippen LogP contribution in [0.15, 0.2) is 0 Å². The van der Waals surface area contributed by atoms with Crippen molar-refractivity contribution in [1.82, 2.24) is 0 Å². The summed E-state index contributed by atoms with van der Waals surface area (Å²) in [5.74, 6) is -2.89. The number of hydrogen-bond donors (Lipinski definition) is 3. The topological polar surface area (TPSA) is 140 Å². The van der Waals surface area contributed by atoms with Gasteiger partial charge in [0, 0.05) is 0 Å². The second-order valence-corrected chi connectivity index (χ2v) is 22.9. The summed E-state index contributed by atoms with van der Waals surface area (Å²) in [4.78, 5) is 40.3. The fourth-order valence-electron chi connectivity index (χ4n) is 6.77. The number of carbonyl (C=O) groups excluding carboxylic acids is 3. The first kappa shape index (κ1) is 53.1. The SMILES string of the molecule is CCCCCCCCCCC(O)C(=O)[O][Sn]([CH2]CCCCCCC)([O]C(=O)C(O)CCCCCCCCCC)[O]C(=O)C(O)CCCCCCCCCC. The van der Waals surface area contributed by atoms with Gasteiger partial charge in [-0.05, 0) is 0 Å². The molecule has 0 aliphatic heterocycles. The standard InChI is InChI=1S/3C12H24O3.C8H17.Sn/c3*1-2-3-4-5-6-7-8-9-10-11(13)12(14)15;1-3-5-7-8-6-4-2;/h3*11,13H,2-10H2,1H3,(H,14,15);1,3-8H2,2H3;/q;;;;+3/p-3. The molecule has 0 spiro atoms. The van der Waals surface area contributed by atoms with E-state index in [9.17, 15) is 29.7 Å². The molecular formula is C44H86O9Sn. The van der Waals surface area contributed by atoms with Gasteiger partial charge in [-0.1, -0.05) is 20.8 Å². The van der Waals surface area contributed by atoms with Gasteiger partial charge in [-0.25, -0.2) is 0 Å². The summed E-state index contributed by atoms with van der Waals surface area (Å²) >= 11 is -5.51. The molecule has 0 fully saturated rings. The molecular weight excluding hydrogens is 791 g/mol. The van der Waals surface area contributed by atoms with E-state index < -0.39 is 55.8 Å². The van der Waals surface area contributed by atoms with Crippen molar-refractivity contribution < 1.29 is 38.9 Å². The Kier molecular flexibility index (Phi) is 37.0. The van der Waals surface area contributed by atoms with Crippen molar-refractivity contribution in [2.24, 2.45) is 0 Å². The van der Waals surface area contributed by atoms with Crippen LogP contribution in [-0.2, 0) is 23.6 Å². The average Bonchev–Trinajstić information content (AvgIpc) is 3.15. The van der Waals surface area contributed by atoms with E-state index in [2.05, 4.69) is 27.7 Å². The molecule has 0 saturated carbocycles. The first-order chi connectivity index (χ1) is 26.2. The van der Waals surface area contributed by atoms with Crippen molar-refractivity contribution in [2.75, 3.05) is 0 Å². The molecule has 3 unspecified atom stereocenters. The van der Waals surface area contributed by atoms with Crippen molar-refractivity contribution in [3.8, 4) is 0 Å². The summed E-state index contributed by atoms with van der Waals surface area (Å²) in [6, 6.07) is 0. The van der Waals surface area contributed by atoms with Crippen molar-refractivity contribution in [2.45, 2.75) is 262 Å². The zero-order valence-corrected chi connectivity index (χ0v) is 38.4. The van der Waals surface area contributed by atoms with Crippen LogP contribution in [0.3, 0.4) is 0 Å². The molecule has 0 amide bonds. The van der Waals surface area contributed by atoms with E-state index in [4.69, 9.17) is 9.22 Å². The maximum absolute atomic E-state index is 13.4. The second kappa shape index (κ2) is 37.7. The van der Waals surface area contributed by atoms with Crippen LogP contribution in [0.5, 0.6) is 0 Å². The molecule has 9 nitrogen and oxygen atoms in total. The van der Waals surface area contributed by atoms with E-state index in [0.29, 0.717) is 25.7 Å². The van der Waals surface area contributed by atoms with Crippen molar-refractivity contribution in [3.05, 3.63) is 0 Å². The van der Waals surface area contributed by atoms with Crippen LogP contribution < -0.4 is 0 Å². The minimum atomic E-state index is -5.51. The summed E-state index contributed by atoms with van der Waals surface area (Å²) < 4.78 is 17.7. The third-order valence-corrected chi connectivity index (χ3v) is 17.6. The maximum atomic E-state index is 13.4. The average molecular weight is 878 g/mol. The molecule has 10 heteroatoms. The fraction of sp³-hybridized carbons (Fsp3) is 0.932. The molecule has 0 aromatic rings. The Balaban J connectivity index is 5.71. The van der Waals surface area contributed by atoms with Gasteiger partial charge in [-0.2, -0.15) is 0 Å². The zero-order chi connectivity index (χ0) is 40.1. The third kappa shape index (κ3) is 30.3. The number of rotatable bonds is 40. The van der Waals surface area contributed by atoms with Gasteiger partial charge in [0.1, 0.15) is 0 Å². The first-order valence-electron chi connectivity index (χ1n) is 22.9. The normalized spacial score (nSPS) is 14.3. The summed E-state index contributed by atoms with van der Waals surface area (Å²) in [6.07, 6.45) is 27.1. The molecule has 3 atom stereocenters.